The minimum atomic E-state index is -2.95. The Balaban J connectivity index is 1.53. The number of rotatable bonds is 3. The number of fused-ring (bicyclic) bond motifs is 1. The molecule has 3 heterocycles. The van der Waals surface area contributed by atoms with Gasteiger partial charge in [-0.25, -0.2) is 22.0 Å². The number of nitrogens with zero attached hydrogens (tertiary/aromatic N) is 3. The van der Waals surface area contributed by atoms with E-state index in [1.54, 1.807) is 20.0 Å². The third kappa shape index (κ3) is 4.19. The lowest BCUT2D eigenvalue weighted by Gasteiger charge is -2.36. The highest BCUT2D eigenvalue weighted by Gasteiger charge is 2.40. The van der Waals surface area contributed by atoms with E-state index in [2.05, 4.69) is 15.8 Å². The maximum Gasteiger partial charge on any atom is 0.203 e. The Morgan fingerprint density at radius 3 is 2.40 bits per heavy atom. The Labute approximate surface area is 209 Å². The average molecular weight is 535 g/mol. The van der Waals surface area contributed by atoms with Gasteiger partial charge in [0.25, 0.3) is 0 Å². The van der Waals surface area contributed by atoms with Gasteiger partial charge in [-0.2, -0.15) is 0 Å². The van der Waals surface area contributed by atoms with Gasteiger partial charge in [0, 0.05) is 35.9 Å². The predicted octanol–water partition coefficient (Wildman–Crippen LogP) is 3.05. The van der Waals surface area contributed by atoms with Gasteiger partial charge in [-0.05, 0) is 36.1 Å². The van der Waals surface area contributed by atoms with Crippen molar-refractivity contribution in [3.8, 4) is 11.1 Å². The smallest absolute Gasteiger partial charge is 0.203 e. The fourth-order valence-corrected chi connectivity index (χ4v) is 8.92. The van der Waals surface area contributed by atoms with Crippen molar-refractivity contribution in [2.24, 2.45) is 10.7 Å². The molecule has 0 saturated carbocycles. The second kappa shape index (κ2) is 8.21. The SMILES string of the molecule is C=S1(=O)C[C@@](C)(c2sc3c(-c4ccc(N5CCS(=O)(=O)CC5)cc4)cccc3c2F)N=C(N)N1C. The molecule has 0 amide bonds. The van der Waals surface area contributed by atoms with Crippen molar-refractivity contribution in [2.75, 3.05) is 42.3 Å². The zero-order valence-electron chi connectivity index (χ0n) is 19.5. The van der Waals surface area contributed by atoms with Crippen LogP contribution < -0.4 is 10.6 Å². The number of halogens is 1. The normalized spacial score (nSPS) is 26.7. The van der Waals surface area contributed by atoms with Crippen LogP contribution in [0.25, 0.3) is 21.2 Å². The Morgan fingerprint density at radius 1 is 1.11 bits per heavy atom. The van der Waals surface area contributed by atoms with Crippen molar-refractivity contribution in [3.05, 3.63) is 53.2 Å². The molecule has 7 nitrogen and oxygen atoms in total. The van der Waals surface area contributed by atoms with Gasteiger partial charge in [-0.3, -0.25) is 4.31 Å². The summed E-state index contributed by atoms with van der Waals surface area (Å²) in [5.74, 6) is 3.91. The topological polar surface area (TPSA) is 96.1 Å². The molecule has 2 aromatic carbocycles. The summed E-state index contributed by atoms with van der Waals surface area (Å²) >= 11 is 1.30. The quantitative estimate of drug-likeness (QED) is 0.521. The van der Waals surface area contributed by atoms with Crippen LogP contribution in [0.5, 0.6) is 0 Å². The lowest BCUT2D eigenvalue weighted by Crippen LogP contribution is -2.50. The molecule has 2 aliphatic rings. The highest BCUT2D eigenvalue weighted by molar-refractivity contribution is 7.98. The maximum absolute atomic E-state index is 15.7. The first-order chi connectivity index (χ1) is 16.4. The molecule has 0 spiro atoms. The number of benzene rings is 2. The predicted molar refractivity (Wildman–Crippen MR) is 145 cm³/mol. The number of aliphatic imine (C=N–C) groups is 1. The first kappa shape index (κ1) is 24.1. The minimum absolute atomic E-state index is 0.0660. The number of anilines is 1. The zero-order chi connectivity index (χ0) is 25.2. The number of thiophene rings is 1. The second-order valence-electron chi connectivity index (χ2n) is 9.27. The van der Waals surface area contributed by atoms with E-state index in [1.807, 2.05) is 36.4 Å². The Hall–Kier alpha value is -2.63. The fraction of sp³-hybridized carbons (Fsp3) is 0.333. The Bertz CT molecular complexity index is 1550. The standard InChI is InChI=1S/C24H27FN4O3S3/c1-24(15-34(3,30)28(2)23(26)27-24)22-20(25)19-6-4-5-18(21(19)33-22)16-7-9-17(10-8-16)29-11-13-35(31,32)14-12-29/h4-10H,3,11-15H2,1-2H3,(H2,26,27)/t24-,34?/m0/s1. The highest BCUT2D eigenvalue weighted by Crippen LogP contribution is 2.44. The van der Waals surface area contributed by atoms with Gasteiger partial charge in [-0.15, -0.1) is 11.3 Å². The van der Waals surface area contributed by atoms with Crippen molar-refractivity contribution in [2.45, 2.75) is 12.5 Å². The Morgan fingerprint density at radius 2 is 1.77 bits per heavy atom. The molecule has 0 bridgehead atoms. The van der Waals surface area contributed by atoms with Gasteiger partial charge in [0.15, 0.2) is 9.84 Å². The lowest BCUT2D eigenvalue weighted by atomic mass is 10.0. The third-order valence-corrected chi connectivity index (χ3v) is 12.0. The van der Waals surface area contributed by atoms with E-state index in [4.69, 9.17) is 5.73 Å². The van der Waals surface area contributed by atoms with Crippen molar-refractivity contribution in [1.29, 1.82) is 0 Å². The van der Waals surface area contributed by atoms with E-state index in [1.165, 1.54) is 15.6 Å². The number of sulfone groups is 1. The van der Waals surface area contributed by atoms with Gasteiger partial charge in [0.1, 0.15) is 11.4 Å². The summed E-state index contributed by atoms with van der Waals surface area (Å²) in [7, 11) is -4.09. The summed E-state index contributed by atoms with van der Waals surface area (Å²) in [6, 6.07) is 13.4. The highest BCUT2D eigenvalue weighted by atomic mass is 32.2. The second-order valence-corrected chi connectivity index (χ2v) is 15.0. The molecule has 2 atom stereocenters. The molecule has 186 valence electrons. The summed E-state index contributed by atoms with van der Waals surface area (Å²) in [5.41, 5.74) is 7.71. The molecule has 0 radical (unpaired) electrons. The molecule has 2 N–H and O–H groups in total. The van der Waals surface area contributed by atoms with Crippen LogP contribution in [0.3, 0.4) is 0 Å². The first-order valence-corrected chi connectivity index (χ1v) is 15.6. The van der Waals surface area contributed by atoms with Crippen LogP contribution in [-0.4, -0.2) is 66.2 Å². The molecule has 0 aliphatic carbocycles. The van der Waals surface area contributed by atoms with Crippen LogP contribution in [0, 0.1) is 5.82 Å². The van der Waals surface area contributed by atoms with Crippen LogP contribution in [0.2, 0.25) is 0 Å². The van der Waals surface area contributed by atoms with Gasteiger partial charge in [0.05, 0.1) is 31.8 Å². The van der Waals surface area contributed by atoms with Crippen LogP contribution in [-0.2, 0) is 25.1 Å². The summed E-state index contributed by atoms with van der Waals surface area (Å²) in [4.78, 5) is 6.97. The molecule has 1 fully saturated rings. The van der Waals surface area contributed by atoms with Crippen LogP contribution in [0.15, 0.2) is 47.5 Å². The van der Waals surface area contributed by atoms with E-state index >= 15 is 4.39 Å². The molecule has 1 unspecified atom stereocenters. The molecule has 35 heavy (non-hydrogen) atoms. The van der Waals surface area contributed by atoms with Crippen molar-refractivity contribution >= 4 is 58.5 Å². The third-order valence-electron chi connectivity index (χ3n) is 6.72. The van der Waals surface area contributed by atoms with E-state index in [9.17, 15) is 12.6 Å². The minimum Gasteiger partial charge on any atom is -0.369 e. The van der Waals surface area contributed by atoms with E-state index in [0.29, 0.717) is 23.4 Å². The lowest BCUT2D eigenvalue weighted by molar-refractivity contribution is 0.495. The monoisotopic (exact) mass is 534 g/mol. The fourth-order valence-electron chi connectivity index (χ4n) is 4.66. The van der Waals surface area contributed by atoms with Crippen LogP contribution in [0.4, 0.5) is 10.1 Å². The molecule has 3 aromatic rings. The number of guanidine groups is 1. The van der Waals surface area contributed by atoms with E-state index < -0.39 is 25.1 Å². The first-order valence-electron chi connectivity index (χ1n) is 11.1. The molecule has 11 heteroatoms. The van der Waals surface area contributed by atoms with Crippen molar-refractivity contribution in [1.82, 2.24) is 4.31 Å². The largest absolute Gasteiger partial charge is 0.369 e. The molecular weight excluding hydrogens is 507 g/mol. The van der Waals surface area contributed by atoms with E-state index in [0.717, 1.165) is 21.5 Å². The number of hydrogen-bond donors (Lipinski definition) is 1. The Kier molecular flexibility index (Phi) is 5.65. The summed E-state index contributed by atoms with van der Waals surface area (Å²) < 4.78 is 54.4. The molecular formula is C24H27FN4O3S3. The number of nitrogens with two attached hydrogens (primary N) is 1. The van der Waals surface area contributed by atoms with Crippen LogP contribution in [0.1, 0.15) is 11.8 Å². The summed E-state index contributed by atoms with van der Waals surface area (Å²) in [6.45, 7) is 2.70. The van der Waals surface area contributed by atoms with Gasteiger partial charge in [-0.1, -0.05) is 30.3 Å². The molecule has 1 saturated heterocycles. The van der Waals surface area contributed by atoms with Gasteiger partial charge in [0.2, 0.25) is 5.96 Å². The molecule has 2 aliphatic heterocycles. The average Bonchev–Trinajstić information content (AvgIpc) is 3.15. The van der Waals surface area contributed by atoms with E-state index in [-0.39, 0.29) is 29.0 Å². The maximum atomic E-state index is 15.7. The summed E-state index contributed by atoms with van der Waals surface area (Å²) in [5, 5.41) is 0.484. The summed E-state index contributed by atoms with van der Waals surface area (Å²) in [6.07, 6.45) is 0. The molecule has 5 rings (SSSR count). The van der Waals surface area contributed by atoms with Gasteiger partial charge < -0.3 is 10.6 Å². The van der Waals surface area contributed by atoms with Crippen LogP contribution >= 0.6 is 11.3 Å². The van der Waals surface area contributed by atoms with Crippen molar-refractivity contribution < 1.29 is 17.0 Å². The van der Waals surface area contributed by atoms with Gasteiger partial charge >= 0.3 is 0 Å². The van der Waals surface area contributed by atoms with Crippen molar-refractivity contribution in [3.63, 3.8) is 0 Å². The molecule has 1 aromatic heterocycles. The number of hydrogen-bond acceptors (Lipinski definition) is 7. The zero-order valence-corrected chi connectivity index (χ0v) is 22.0.